The molecule has 0 bridgehead atoms. The second-order valence-electron chi connectivity index (χ2n) is 10.3. The number of fused-ring (bicyclic) bond motifs is 2. The summed E-state index contributed by atoms with van der Waals surface area (Å²) in [5.41, 5.74) is 0. The molecule has 3 fully saturated rings. The molecule has 2 amide bonds. The third-order valence-electron chi connectivity index (χ3n) is 8.21. The first-order valence-corrected chi connectivity index (χ1v) is 13.2. The SMILES string of the molecule is CC(C)[C@H](CO)N1C(=O)[C@@H]2[C@H]3C(=O)OCC=C[C@H]3S[C@@]23C=CCN(C2CCCCC2)C(=O)C13. The smallest absolute Gasteiger partial charge is 0.311 e. The standard InChI is InChI=1S/C25H34N2O5S/c1-15(2)17(14-28)27-21-23(30)26(16-8-4-3-5-9-16)12-7-11-25(21)20(22(27)29)19-18(33-25)10-6-13-32-24(19)31/h6-7,10-11,15-21,28H,3-5,8-9,12-14H2,1-2H3/t17-,18+,19-,20-,21?,25-/m0/s1. The molecule has 5 rings (SSSR count). The Hall–Kier alpha value is -1.80. The fourth-order valence-electron chi connectivity index (χ4n) is 6.62. The average Bonchev–Trinajstić information content (AvgIpc) is 3.09. The molecule has 5 aliphatic rings. The van der Waals surface area contributed by atoms with E-state index in [-0.39, 0.29) is 48.2 Å². The van der Waals surface area contributed by atoms with Crippen LogP contribution >= 0.6 is 11.8 Å². The molecule has 1 aliphatic carbocycles. The number of aliphatic hydroxyl groups excluding tert-OH is 1. The Morgan fingerprint density at radius 1 is 1.15 bits per heavy atom. The zero-order valence-electron chi connectivity index (χ0n) is 19.4. The molecule has 1 unspecified atom stereocenters. The van der Waals surface area contributed by atoms with Gasteiger partial charge in [-0.05, 0) is 18.8 Å². The fourth-order valence-corrected chi connectivity index (χ4v) is 8.61. The molecular weight excluding hydrogens is 440 g/mol. The van der Waals surface area contributed by atoms with Crippen molar-refractivity contribution >= 4 is 29.5 Å². The topological polar surface area (TPSA) is 87.2 Å². The van der Waals surface area contributed by atoms with Crippen LogP contribution in [0.4, 0.5) is 0 Å². The van der Waals surface area contributed by atoms with Crippen LogP contribution in [0.1, 0.15) is 46.0 Å². The van der Waals surface area contributed by atoms with Crippen molar-refractivity contribution in [3.8, 4) is 0 Å². The van der Waals surface area contributed by atoms with E-state index >= 15 is 0 Å². The largest absolute Gasteiger partial charge is 0.461 e. The fraction of sp³-hybridized carbons (Fsp3) is 0.720. The van der Waals surface area contributed by atoms with Gasteiger partial charge >= 0.3 is 5.97 Å². The van der Waals surface area contributed by atoms with Crippen molar-refractivity contribution in [3.63, 3.8) is 0 Å². The van der Waals surface area contributed by atoms with Gasteiger partial charge in [0, 0.05) is 17.8 Å². The summed E-state index contributed by atoms with van der Waals surface area (Å²) in [5, 5.41) is 10.1. The lowest BCUT2D eigenvalue weighted by Gasteiger charge is -2.42. The Balaban J connectivity index is 1.62. The van der Waals surface area contributed by atoms with Crippen molar-refractivity contribution in [2.45, 2.75) is 74.1 Å². The van der Waals surface area contributed by atoms with E-state index < -0.39 is 28.7 Å². The number of carbonyl (C=O) groups excluding carboxylic acids is 3. The molecule has 180 valence electrons. The number of likely N-dealkylation sites (tertiary alicyclic amines) is 1. The van der Waals surface area contributed by atoms with Gasteiger partial charge in [-0.1, -0.05) is 57.4 Å². The molecule has 1 N–H and O–H groups in total. The van der Waals surface area contributed by atoms with Crippen molar-refractivity contribution in [2.24, 2.45) is 17.8 Å². The van der Waals surface area contributed by atoms with E-state index in [2.05, 4.69) is 0 Å². The molecule has 0 aromatic heterocycles. The average molecular weight is 475 g/mol. The molecule has 4 aliphatic heterocycles. The summed E-state index contributed by atoms with van der Waals surface area (Å²) in [6.07, 6.45) is 13.3. The van der Waals surface area contributed by atoms with Gasteiger partial charge in [0.1, 0.15) is 12.6 Å². The first-order valence-electron chi connectivity index (χ1n) is 12.3. The summed E-state index contributed by atoms with van der Waals surface area (Å²) in [5.74, 6) is -1.94. The third kappa shape index (κ3) is 3.47. The van der Waals surface area contributed by atoms with Crippen LogP contribution in [0.3, 0.4) is 0 Å². The summed E-state index contributed by atoms with van der Waals surface area (Å²) in [4.78, 5) is 45.0. The van der Waals surface area contributed by atoms with Crippen molar-refractivity contribution in [1.29, 1.82) is 0 Å². The number of esters is 1. The molecule has 0 aromatic carbocycles. The molecule has 4 heterocycles. The number of ether oxygens (including phenoxy) is 1. The Kier molecular flexibility index (Phi) is 6.10. The summed E-state index contributed by atoms with van der Waals surface area (Å²) < 4.78 is 4.58. The minimum absolute atomic E-state index is 0.0280. The maximum absolute atomic E-state index is 14.3. The number of cyclic esters (lactones) is 1. The molecule has 8 heteroatoms. The summed E-state index contributed by atoms with van der Waals surface area (Å²) in [6.45, 7) is 4.44. The van der Waals surface area contributed by atoms with Crippen LogP contribution in [0, 0.1) is 17.8 Å². The second-order valence-corrected chi connectivity index (χ2v) is 11.8. The van der Waals surface area contributed by atoms with Crippen molar-refractivity contribution in [2.75, 3.05) is 19.8 Å². The van der Waals surface area contributed by atoms with Gasteiger partial charge in [0.25, 0.3) is 0 Å². The van der Waals surface area contributed by atoms with E-state index in [4.69, 9.17) is 4.74 Å². The summed E-state index contributed by atoms with van der Waals surface area (Å²) in [7, 11) is 0. The van der Waals surface area contributed by atoms with E-state index in [1.807, 2.05) is 43.1 Å². The van der Waals surface area contributed by atoms with Gasteiger partial charge < -0.3 is 19.6 Å². The molecule has 0 radical (unpaired) electrons. The second kappa shape index (κ2) is 8.77. The van der Waals surface area contributed by atoms with E-state index in [1.165, 1.54) is 6.42 Å². The predicted octanol–water partition coefficient (Wildman–Crippen LogP) is 2.14. The monoisotopic (exact) mass is 474 g/mol. The van der Waals surface area contributed by atoms with E-state index in [0.717, 1.165) is 25.7 Å². The van der Waals surface area contributed by atoms with Crippen LogP contribution < -0.4 is 0 Å². The number of hydrogen-bond acceptors (Lipinski definition) is 6. The predicted molar refractivity (Wildman–Crippen MR) is 125 cm³/mol. The van der Waals surface area contributed by atoms with E-state index in [9.17, 15) is 19.5 Å². The van der Waals surface area contributed by atoms with Crippen LogP contribution in [-0.4, -0.2) is 80.6 Å². The highest BCUT2D eigenvalue weighted by Gasteiger charge is 2.72. The molecule has 1 spiro atoms. The number of thioether (sulfide) groups is 1. The highest BCUT2D eigenvalue weighted by atomic mass is 32.2. The molecule has 2 saturated heterocycles. The minimum Gasteiger partial charge on any atom is -0.461 e. The number of nitrogens with zero attached hydrogens (tertiary/aromatic N) is 2. The van der Waals surface area contributed by atoms with Crippen molar-refractivity contribution in [1.82, 2.24) is 9.80 Å². The normalized spacial score (nSPS) is 37.5. The number of carbonyl (C=O) groups is 3. The van der Waals surface area contributed by atoms with Gasteiger partial charge in [0.15, 0.2) is 0 Å². The number of amides is 2. The minimum atomic E-state index is -0.837. The molecule has 0 aromatic rings. The van der Waals surface area contributed by atoms with E-state index in [1.54, 1.807) is 16.7 Å². The number of aliphatic hydroxyl groups is 1. The van der Waals surface area contributed by atoms with Gasteiger partial charge in [-0.25, -0.2) is 0 Å². The van der Waals surface area contributed by atoms with Gasteiger partial charge in [-0.15, -0.1) is 11.8 Å². The highest BCUT2D eigenvalue weighted by molar-refractivity contribution is 8.02. The zero-order valence-corrected chi connectivity index (χ0v) is 20.2. The quantitative estimate of drug-likeness (QED) is 0.496. The van der Waals surface area contributed by atoms with Crippen molar-refractivity contribution in [3.05, 3.63) is 24.3 Å². The van der Waals surface area contributed by atoms with Crippen LogP contribution in [0.5, 0.6) is 0 Å². The summed E-state index contributed by atoms with van der Waals surface area (Å²) in [6, 6.07) is -1.03. The van der Waals surface area contributed by atoms with E-state index in [0.29, 0.717) is 6.54 Å². The Morgan fingerprint density at radius 3 is 2.61 bits per heavy atom. The first kappa shape index (κ1) is 23.0. The van der Waals surface area contributed by atoms with Crippen LogP contribution in [-0.2, 0) is 19.1 Å². The third-order valence-corrected chi connectivity index (χ3v) is 9.96. The Morgan fingerprint density at radius 2 is 1.91 bits per heavy atom. The van der Waals surface area contributed by atoms with Crippen molar-refractivity contribution < 1.29 is 24.2 Å². The number of hydrogen-bond donors (Lipinski definition) is 1. The van der Waals surface area contributed by atoms with Crippen LogP contribution in [0.2, 0.25) is 0 Å². The molecule has 7 nitrogen and oxygen atoms in total. The van der Waals surface area contributed by atoms with Gasteiger partial charge in [-0.2, -0.15) is 0 Å². The Bertz CT molecular complexity index is 882. The first-order chi connectivity index (χ1) is 15.9. The number of rotatable bonds is 4. The highest BCUT2D eigenvalue weighted by Crippen LogP contribution is 2.61. The molecule has 6 atom stereocenters. The van der Waals surface area contributed by atoms with Crippen LogP contribution in [0.15, 0.2) is 24.3 Å². The Labute approximate surface area is 199 Å². The molecular formula is C25H34N2O5S. The lowest BCUT2D eigenvalue weighted by Crippen LogP contribution is -2.59. The summed E-state index contributed by atoms with van der Waals surface area (Å²) >= 11 is 1.56. The molecule has 1 saturated carbocycles. The molecule has 33 heavy (non-hydrogen) atoms. The van der Waals surface area contributed by atoms with Gasteiger partial charge in [-0.3, -0.25) is 14.4 Å². The lowest BCUT2D eigenvalue weighted by atomic mass is 9.78. The van der Waals surface area contributed by atoms with Crippen LogP contribution in [0.25, 0.3) is 0 Å². The maximum Gasteiger partial charge on any atom is 0.311 e. The van der Waals surface area contributed by atoms with Gasteiger partial charge in [0.2, 0.25) is 11.8 Å². The maximum atomic E-state index is 14.3. The zero-order chi connectivity index (χ0) is 23.3. The lowest BCUT2D eigenvalue weighted by molar-refractivity contribution is -0.152. The van der Waals surface area contributed by atoms with Gasteiger partial charge in [0.05, 0.1) is 29.2 Å².